The van der Waals surface area contributed by atoms with Crippen LogP contribution in [-0.2, 0) is 9.53 Å². The molecule has 4 heteroatoms. The van der Waals surface area contributed by atoms with Crippen molar-refractivity contribution in [3.8, 4) is 6.07 Å². The fourth-order valence-corrected chi connectivity index (χ4v) is 1.48. The zero-order chi connectivity index (χ0) is 11.3. The smallest absolute Gasteiger partial charge is 0.348 e. The van der Waals surface area contributed by atoms with Gasteiger partial charge in [0, 0.05) is 5.70 Å². The Labute approximate surface area is 89.0 Å². The van der Waals surface area contributed by atoms with Gasteiger partial charge >= 0.3 is 5.97 Å². The Morgan fingerprint density at radius 1 is 1.67 bits per heavy atom. The van der Waals surface area contributed by atoms with Gasteiger partial charge in [0.1, 0.15) is 11.6 Å². The first kappa shape index (κ1) is 11.3. The van der Waals surface area contributed by atoms with Crippen molar-refractivity contribution in [3.63, 3.8) is 0 Å². The Balaban J connectivity index is 2.83. The van der Waals surface area contributed by atoms with Crippen molar-refractivity contribution in [2.24, 2.45) is 5.73 Å². The molecule has 15 heavy (non-hydrogen) atoms. The number of carbonyl (C=O) groups is 1. The molecule has 1 aliphatic rings. The minimum absolute atomic E-state index is 0.0247. The van der Waals surface area contributed by atoms with Crippen LogP contribution in [0.5, 0.6) is 0 Å². The number of ether oxygens (including phenoxy) is 1. The van der Waals surface area contributed by atoms with E-state index in [0.29, 0.717) is 0 Å². The molecular formula is C11H14N2O2. The van der Waals surface area contributed by atoms with E-state index in [2.05, 4.69) is 0 Å². The van der Waals surface area contributed by atoms with Gasteiger partial charge in [-0.25, -0.2) is 4.79 Å². The van der Waals surface area contributed by atoms with Gasteiger partial charge in [0.25, 0.3) is 0 Å². The first-order valence-corrected chi connectivity index (χ1v) is 4.95. The number of nitrogens with two attached hydrogens (primary N) is 1. The second-order valence-electron chi connectivity index (χ2n) is 3.29. The Kier molecular flexibility index (Phi) is 3.92. The van der Waals surface area contributed by atoms with Gasteiger partial charge in [-0.2, -0.15) is 5.26 Å². The Morgan fingerprint density at radius 3 is 2.87 bits per heavy atom. The van der Waals surface area contributed by atoms with E-state index in [0.717, 1.165) is 30.5 Å². The van der Waals surface area contributed by atoms with Gasteiger partial charge in [-0.05, 0) is 37.8 Å². The zero-order valence-electron chi connectivity index (χ0n) is 8.75. The van der Waals surface area contributed by atoms with E-state index in [1.165, 1.54) is 0 Å². The molecule has 1 rings (SSSR count). The third-order valence-corrected chi connectivity index (χ3v) is 2.24. The minimum Gasteiger partial charge on any atom is -0.462 e. The molecule has 0 heterocycles. The molecule has 0 atom stereocenters. The van der Waals surface area contributed by atoms with Crippen LogP contribution < -0.4 is 5.73 Å². The van der Waals surface area contributed by atoms with Crippen LogP contribution >= 0.6 is 0 Å². The summed E-state index contributed by atoms with van der Waals surface area (Å²) in [6, 6.07) is 1.83. The predicted molar refractivity (Wildman–Crippen MR) is 55.4 cm³/mol. The lowest BCUT2D eigenvalue weighted by molar-refractivity contribution is -0.138. The summed E-state index contributed by atoms with van der Waals surface area (Å²) in [5, 5.41) is 8.79. The second-order valence-corrected chi connectivity index (χ2v) is 3.29. The van der Waals surface area contributed by atoms with Crippen LogP contribution in [0.4, 0.5) is 0 Å². The van der Waals surface area contributed by atoms with E-state index in [4.69, 9.17) is 15.7 Å². The molecular weight excluding hydrogens is 192 g/mol. The van der Waals surface area contributed by atoms with Gasteiger partial charge in [-0.1, -0.05) is 0 Å². The normalized spacial score (nSPS) is 16.4. The summed E-state index contributed by atoms with van der Waals surface area (Å²) in [6.07, 6.45) is 4.20. The summed E-state index contributed by atoms with van der Waals surface area (Å²) in [4.78, 5) is 11.3. The monoisotopic (exact) mass is 206 g/mol. The maximum absolute atomic E-state index is 11.3. The molecule has 1 aliphatic carbocycles. The summed E-state index contributed by atoms with van der Waals surface area (Å²) < 4.78 is 4.75. The zero-order valence-corrected chi connectivity index (χ0v) is 8.75. The molecule has 0 saturated heterocycles. The molecule has 0 aromatic carbocycles. The average molecular weight is 206 g/mol. The Morgan fingerprint density at radius 2 is 2.40 bits per heavy atom. The predicted octanol–water partition coefficient (Wildman–Crippen LogP) is 1.40. The molecule has 0 aromatic heterocycles. The van der Waals surface area contributed by atoms with Gasteiger partial charge in [0.15, 0.2) is 0 Å². The number of allylic oxidation sites excluding steroid dienone is 3. The van der Waals surface area contributed by atoms with Crippen LogP contribution in [0.3, 0.4) is 0 Å². The lowest BCUT2D eigenvalue weighted by Gasteiger charge is -2.00. The highest BCUT2D eigenvalue weighted by molar-refractivity contribution is 5.93. The maximum atomic E-state index is 11.3. The molecule has 0 fully saturated rings. The molecule has 0 saturated carbocycles. The van der Waals surface area contributed by atoms with E-state index >= 15 is 0 Å². The Hall–Kier alpha value is -1.76. The Bertz CT molecular complexity index is 361. The highest BCUT2D eigenvalue weighted by Crippen LogP contribution is 2.24. The van der Waals surface area contributed by atoms with Crippen molar-refractivity contribution in [1.82, 2.24) is 0 Å². The largest absolute Gasteiger partial charge is 0.462 e. The molecule has 0 aromatic rings. The first-order chi connectivity index (χ1) is 7.19. The van der Waals surface area contributed by atoms with Gasteiger partial charge in [0.05, 0.1) is 6.61 Å². The second kappa shape index (κ2) is 5.20. The number of hydrogen-bond donors (Lipinski definition) is 1. The summed E-state index contributed by atoms with van der Waals surface area (Å²) in [5.74, 6) is -0.577. The van der Waals surface area contributed by atoms with Crippen LogP contribution in [0.25, 0.3) is 0 Å². The van der Waals surface area contributed by atoms with Crippen LogP contribution in [0.15, 0.2) is 22.9 Å². The topological polar surface area (TPSA) is 76.1 Å². The SMILES string of the molecule is CCOC(=O)C(C#N)=CC1=C(N)CCC1. The van der Waals surface area contributed by atoms with Gasteiger partial charge in [0.2, 0.25) is 0 Å². The fourth-order valence-electron chi connectivity index (χ4n) is 1.48. The summed E-state index contributed by atoms with van der Waals surface area (Å²) >= 11 is 0. The van der Waals surface area contributed by atoms with Gasteiger partial charge in [-0.15, -0.1) is 0 Å². The standard InChI is InChI=1S/C11H14N2O2/c1-2-15-11(14)9(7-12)6-8-4-3-5-10(8)13/h6H,2-5,13H2,1H3. The van der Waals surface area contributed by atoms with Crippen LogP contribution in [0.2, 0.25) is 0 Å². The van der Waals surface area contributed by atoms with Crippen LogP contribution in [0.1, 0.15) is 26.2 Å². The van der Waals surface area contributed by atoms with Crippen molar-refractivity contribution in [3.05, 3.63) is 22.9 Å². The number of carbonyl (C=O) groups excluding carboxylic acids is 1. The lowest BCUT2D eigenvalue weighted by atomic mass is 10.1. The quantitative estimate of drug-likeness (QED) is 0.430. The van der Waals surface area contributed by atoms with E-state index in [9.17, 15) is 4.79 Å². The molecule has 0 amide bonds. The van der Waals surface area contributed by atoms with Crippen molar-refractivity contribution in [1.29, 1.82) is 5.26 Å². The van der Waals surface area contributed by atoms with E-state index in [-0.39, 0.29) is 12.2 Å². The molecule has 0 radical (unpaired) electrons. The van der Waals surface area contributed by atoms with Crippen molar-refractivity contribution >= 4 is 5.97 Å². The van der Waals surface area contributed by atoms with E-state index < -0.39 is 5.97 Å². The van der Waals surface area contributed by atoms with Crippen molar-refractivity contribution in [2.75, 3.05) is 6.61 Å². The summed E-state index contributed by atoms with van der Waals surface area (Å²) in [7, 11) is 0. The molecule has 80 valence electrons. The van der Waals surface area contributed by atoms with Crippen molar-refractivity contribution in [2.45, 2.75) is 26.2 Å². The van der Waals surface area contributed by atoms with Gasteiger partial charge in [-0.3, -0.25) is 0 Å². The number of hydrogen-bond acceptors (Lipinski definition) is 4. The van der Waals surface area contributed by atoms with Crippen molar-refractivity contribution < 1.29 is 9.53 Å². The molecule has 0 unspecified atom stereocenters. The molecule has 0 spiro atoms. The number of rotatable bonds is 3. The number of nitrogens with zero attached hydrogens (tertiary/aromatic N) is 1. The third-order valence-electron chi connectivity index (χ3n) is 2.24. The van der Waals surface area contributed by atoms with E-state index in [1.807, 2.05) is 6.07 Å². The average Bonchev–Trinajstić information content (AvgIpc) is 2.61. The van der Waals surface area contributed by atoms with E-state index in [1.54, 1.807) is 13.0 Å². The highest BCUT2D eigenvalue weighted by atomic mass is 16.5. The molecule has 4 nitrogen and oxygen atoms in total. The maximum Gasteiger partial charge on any atom is 0.348 e. The highest BCUT2D eigenvalue weighted by Gasteiger charge is 2.14. The third kappa shape index (κ3) is 2.84. The first-order valence-electron chi connectivity index (χ1n) is 4.95. The fraction of sp³-hybridized carbons (Fsp3) is 0.455. The number of esters is 1. The molecule has 0 aliphatic heterocycles. The molecule has 2 N–H and O–H groups in total. The molecule has 0 bridgehead atoms. The number of nitriles is 1. The van der Waals surface area contributed by atoms with Crippen LogP contribution in [0, 0.1) is 11.3 Å². The minimum atomic E-state index is -0.577. The summed E-state index contributed by atoms with van der Waals surface area (Å²) in [5.41, 5.74) is 7.41. The van der Waals surface area contributed by atoms with Gasteiger partial charge < -0.3 is 10.5 Å². The summed E-state index contributed by atoms with van der Waals surface area (Å²) in [6.45, 7) is 1.97. The van der Waals surface area contributed by atoms with Crippen LogP contribution in [-0.4, -0.2) is 12.6 Å². The lowest BCUT2D eigenvalue weighted by Crippen LogP contribution is -2.07.